The van der Waals surface area contributed by atoms with E-state index in [1.165, 1.54) is 0 Å². The van der Waals surface area contributed by atoms with Gasteiger partial charge in [0.1, 0.15) is 17.3 Å². The van der Waals surface area contributed by atoms with Crippen LogP contribution < -0.4 is 4.90 Å². The number of carbonyl (C=O) groups is 1. The molecule has 10 nitrogen and oxygen atoms in total. The topological polar surface area (TPSA) is 94.2 Å². The van der Waals surface area contributed by atoms with Crippen molar-refractivity contribution in [3.05, 3.63) is 65.7 Å². The van der Waals surface area contributed by atoms with Crippen molar-refractivity contribution in [3.8, 4) is 11.3 Å². The van der Waals surface area contributed by atoms with Gasteiger partial charge in [-0.2, -0.15) is 0 Å². The Labute approximate surface area is 260 Å². The Bertz CT molecular complexity index is 1860. The van der Waals surface area contributed by atoms with Gasteiger partial charge in [0.2, 0.25) is 5.91 Å². The quantitative estimate of drug-likeness (QED) is 0.271. The number of aryl methyl sites for hydroxylation is 2. The zero-order chi connectivity index (χ0) is 30.7. The number of rotatable bonds is 6. The molecule has 1 aliphatic carbocycles. The lowest BCUT2D eigenvalue weighted by molar-refractivity contribution is -0.132. The van der Waals surface area contributed by atoms with E-state index in [-0.39, 0.29) is 23.7 Å². The summed E-state index contributed by atoms with van der Waals surface area (Å²) >= 11 is 0. The van der Waals surface area contributed by atoms with Crippen molar-refractivity contribution >= 4 is 33.8 Å². The first-order valence-corrected chi connectivity index (χ1v) is 16.0. The molecule has 0 bridgehead atoms. The summed E-state index contributed by atoms with van der Waals surface area (Å²) in [7, 11) is 1.89. The fourth-order valence-electron chi connectivity index (χ4n) is 7.28. The van der Waals surface area contributed by atoms with Gasteiger partial charge in [-0.25, -0.2) is 14.1 Å². The van der Waals surface area contributed by atoms with E-state index in [1.807, 2.05) is 37.2 Å². The molecular formula is C34H37FN8O2. The third-order valence-electron chi connectivity index (χ3n) is 9.78. The molecule has 0 radical (unpaired) electrons. The maximum absolute atomic E-state index is 14.2. The fraction of sp³-hybridized carbons (Fsp3) is 0.441. The lowest BCUT2D eigenvalue weighted by Gasteiger charge is -2.36. The summed E-state index contributed by atoms with van der Waals surface area (Å²) in [4.78, 5) is 27.4. The van der Waals surface area contributed by atoms with Gasteiger partial charge in [0.25, 0.3) is 0 Å². The highest BCUT2D eigenvalue weighted by Crippen LogP contribution is 2.41. The Morgan fingerprint density at radius 2 is 1.76 bits per heavy atom. The number of piperazine rings is 1. The van der Waals surface area contributed by atoms with Crippen molar-refractivity contribution in [2.24, 2.45) is 18.9 Å². The molecule has 45 heavy (non-hydrogen) atoms. The highest BCUT2D eigenvalue weighted by atomic mass is 19.1. The van der Waals surface area contributed by atoms with Gasteiger partial charge in [-0.1, -0.05) is 17.3 Å². The molecule has 3 aliphatic rings. The third kappa shape index (κ3) is 5.03. The van der Waals surface area contributed by atoms with Gasteiger partial charge in [0.15, 0.2) is 0 Å². The SMILES string of the molecule is Cc1nnn(C)c1-c1cnc2c3ccc(N4CCN(C(=O)C5CC5)CC4)nc3n([C@H](c3ccc(F)cc3)C3CCOCC3)c2c1. The average Bonchev–Trinajstić information content (AvgIpc) is 3.81. The van der Waals surface area contributed by atoms with Crippen LogP contribution in [0.25, 0.3) is 33.3 Å². The normalized spacial score (nSPS) is 18.6. The van der Waals surface area contributed by atoms with E-state index in [9.17, 15) is 9.18 Å². The molecule has 2 aliphatic heterocycles. The number of carbonyl (C=O) groups excluding carboxylic acids is 1. The van der Waals surface area contributed by atoms with Crippen LogP contribution in [0.3, 0.4) is 0 Å². The third-order valence-corrected chi connectivity index (χ3v) is 9.78. The van der Waals surface area contributed by atoms with Crippen LogP contribution in [0.2, 0.25) is 0 Å². The zero-order valence-corrected chi connectivity index (χ0v) is 25.7. The lowest BCUT2D eigenvalue weighted by atomic mass is 9.86. The van der Waals surface area contributed by atoms with E-state index in [1.54, 1.807) is 16.8 Å². The second-order valence-electron chi connectivity index (χ2n) is 12.7. The number of fused-ring (bicyclic) bond motifs is 3. The number of anilines is 1. The Morgan fingerprint density at radius 3 is 2.44 bits per heavy atom. The summed E-state index contributed by atoms with van der Waals surface area (Å²) in [5.41, 5.74) is 6.40. The van der Waals surface area contributed by atoms with Crippen LogP contribution in [0.15, 0.2) is 48.7 Å². The summed E-state index contributed by atoms with van der Waals surface area (Å²) < 4.78 is 24.1. The van der Waals surface area contributed by atoms with Gasteiger partial charge >= 0.3 is 0 Å². The molecule has 6 heterocycles. The van der Waals surface area contributed by atoms with E-state index < -0.39 is 0 Å². The number of aromatic nitrogens is 6. The van der Waals surface area contributed by atoms with Gasteiger partial charge in [-0.15, -0.1) is 5.10 Å². The molecule has 0 unspecified atom stereocenters. The maximum Gasteiger partial charge on any atom is 0.225 e. The van der Waals surface area contributed by atoms with Crippen LogP contribution in [-0.2, 0) is 16.6 Å². The van der Waals surface area contributed by atoms with Crippen molar-refractivity contribution in [3.63, 3.8) is 0 Å². The van der Waals surface area contributed by atoms with E-state index in [2.05, 4.69) is 38.0 Å². The van der Waals surface area contributed by atoms with E-state index >= 15 is 0 Å². The first kappa shape index (κ1) is 28.1. The van der Waals surface area contributed by atoms with Gasteiger partial charge < -0.3 is 19.1 Å². The molecule has 1 amide bonds. The van der Waals surface area contributed by atoms with Gasteiger partial charge in [-0.3, -0.25) is 9.78 Å². The molecule has 0 N–H and O–H groups in total. The van der Waals surface area contributed by atoms with Gasteiger partial charge in [0.05, 0.1) is 28.5 Å². The standard InChI is InChI=1S/C34H37FN8O2/c1-21-31(40(2)39-38-21)25-19-28-30(36-20-25)27-9-10-29(41-13-15-42(16-14-41)34(44)24-3-4-24)37-33(27)43(28)32(23-11-17-45-18-12-23)22-5-7-26(35)8-6-22/h5-10,19-20,23-24,32H,3-4,11-18H2,1-2H3/t32-/m1/s1. The summed E-state index contributed by atoms with van der Waals surface area (Å²) in [6.45, 7) is 6.23. The van der Waals surface area contributed by atoms with Crippen molar-refractivity contribution < 1.29 is 13.9 Å². The van der Waals surface area contributed by atoms with E-state index in [0.29, 0.717) is 32.2 Å². The molecule has 232 valence electrons. The van der Waals surface area contributed by atoms with Crippen LogP contribution in [0.5, 0.6) is 0 Å². The number of pyridine rings is 2. The predicted octanol–water partition coefficient (Wildman–Crippen LogP) is 4.90. The Hall–Kier alpha value is -4.38. The largest absolute Gasteiger partial charge is 0.381 e. The minimum atomic E-state index is -0.255. The number of halogens is 1. The van der Waals surface area contributed by atoms with Crippen LogP contribution in [0, 0.1) is 24.6 Å². The Kier molecular flexibility index (Phi) is 7.00. The predicted molar refractivity (Wildman–Crippen MR) is 169 cm³/mol. The summed E-state index contributed by atoms with van der Waals surface area (Å²) in [5, 5.41) is 9.49. The van der Waals surface area contributed by atoms with Crippen LogP contribution >= 0.6 is 0 Å². The summed E-state index contributed by atoms with van der Waals surface area (Å²) in [6.07, 6.45) is 5.71. The number of ether oxygens (including phenoxy) is 1. The smallest absolute Gasteiger partial charge is 0.225 e. The first-order valence-electron chi connectivity index (χ1n) is 16.0. The minimum absolute atomic E-state index is 0.104. The molecule has 0 spiro atoms. The molecule has 1 atom stereocenters. The molecule has 5 aromatic rings. The van der Waals surface area contributed by atoms with Crippen molar-refractivity contribution in [1.29, 1.82) is 0 Å². The van der Waals surface area contributed by atoms with Crippen LogP contribution in [0.4, 0.5) is 10.2 Å². The highest BCUT2D eigenvalue weighted by molar-refractivity contribution is 6.05. The van der Waals surface area contributed by atoms with Crippen molar-refractivity contribution in [1.82, 2.24) is 34.4 Å². The van der Waals surface area contributed by atoms with Crippen LogP contribution in [-0.4, -0.2) is 79.7 Å². The fourth-order valence-corrected chi connectivity index (χ4v) is 7.28. The monoisotopic (exact) mass is 608 g/mol. The van der Waals surface area contributed by atoms with Gasteiger partial charge in [0, 0.05) is 69.5 Å². The summed E-state index contributed by atoms with van der Waals surface area (Å²) in [5.74, 6) is 1.43. The highest BCUT2D eigenvalue weighted by Gasteiger charge is 2.35. The molecule has 4 aromatic heterocycles. The van der Waals surface area contributed by atoms with Gasteiger partial charge in [-0.05, 0) is 74.4 Å². The van der Waals surface area contributed by atoms with E-state index in [0.717, 1.165) is 89.2 Å². The van der Waals surface area contributed by atoms with E-state index in [4.69, 9.17) is 14.7 Å². The zero-order valence-electron chi connectivity index (χ0n) is 25.7. The van der Waals surface area contributed by atoms with Crippen molar-refractivity contribution in [2.45, 2.75) is 38.6 Å². The molecule has 8 rings (SSSR count). The molecular weight excluding hydrogens is 571 g/mol. The second kappa shape index (κ2) is 11.2. The number of hydrogen-bond donors (Lipinski definition) is 0. The molecule has 1 aromatic carbocycles. The molecule has 2 saturated heterocycles. The first-order chi connectivity index (χ1) is 22.0. The number of benzene rings is 1. The lowest BCUT2D eigenvalue weighted by Crippen LogP contribution is -2.49. The summed E-state index contributed by atoms with van der Waals surface area (Å²) in [6, 6.07) is 13.2. The maximum atomic E-state index is 14.2. The molecule has 1 saturated carbocycles. The second-order valence-corrected chi connectivity index (χ2v) is 12.7. The molecule has 3 fully saturated rings. The van der Waals surface area contributed by atoms with Crippen molar-refractivity contribution in [2.75, 3.05) is 44.3 Å². The number of amides is 1. The number of nitrogens with zero attached hydrogens (tertiary/aromatic N) is 8. The Morgan fingerprint density at radius 1 is 1.00 bits per heavy atom. The minimum Gasteiger partial charge on any atom is -0.381 e. The Balaban J connectivity index is 1.29. The molecule has 11 heteroatoms. The number of hydrogen-bond acceptors (Lipinski definition) is 7. The van der Waals surface area contributed by atoms with Crippen LogP contribution in [0.1, 0.15) is 43.0 Å². The average molecular weight is 609 g/mol.